The van der Waals surface area contributed by atoms with E-state index in [0.29, 0.717) is 46.5 Å². The highest BCUT2D eigenvalue weighted by Gasteiger charge is 2.22. The van der Waals surface area contributed by atoms with Gasteiger partial charge in [0.2, 0.25) is 0 Å². The van der Waals surface area contributed by atoms with Crippen molar-refractivity contribution in [3.8, 4) is 51.0 Å². The van der Waals surface area contributed by atoms with Crippen LogP contribution in [0, 0.1) is 0 Å². The van der Waals surface area contributed by atoms with Gasteiger partial charge in [-0.2, -0.15) is 0 Å². The van der Waals surface area contributed by atoms with Crippen molar-refractivity contribution in [1.82, 2.24) is 0 Å². The standard InChI is InChI=1S/C30H30O5/c1-19(2)21-10-12-22(13-11-21)24-17-27(33-3)28(29(32)30(24)34-4)23-14-15-26(25(31)16-23)35-18-20-8-6-5-7-9-20/h5-17,19,31-32H,18H2,1-4H3. The zero-order valence-corrected chi connectivity index (χ0v) is 20.4. The van der Waals surface area contributed by atoms with Crippen LogP contribution in [0.2, 0.25) is 0 Å². The van der Waals surface area contributed by atoms with E-state index in [4.69, 9.17) is 14.2 Å². The highest BCUT2D eigenvalue weighted by atomic mass is 16.5. The van der Waals surface area contributed by atoms with Crippen LogP contribution >= 0.6 is 0 Å². The van der Waals surface area contributed by atoms with Gasteiger partial charge >= 0.3 is 0 Å². The van der Waals surface area contributed by atoms with Crippen LogP contribution in [0.3, 0.4) is 0 Å². The van der Waals surface area contributed by atoms with Crippen LogP contribution in [-0.2, 0) is 6.61 Å². The molecule has 5 heteroatoms. The van der Waals surface area contributed by atoms with Crippen molar-refractivity contribution >= 4 is 0 Å². The average Bonchev–Trinajstić information content (AvgIpc) is 2.88. The van der Waals surface area contributed by atoms with Crippen molar-refractivity contribution < 1.29 is 24.4 Å². The van der Waals surface area contributed by atoms with Crippen LogP contribution in [0.4, 0.5) is 0 Å². The number of phenols is 2. The lowest BCUT2D eigenvalue weighted by Crippen LogP contribution is -1.97. The Bertz CT molecular complexity index is 1290. The minimum atomic E-state index is -0.0628. The molecule has 2 N–H and O–H groups in total. The Balaban J connectivity index is 1.71. The van der Waals surface area contributed by atoms with Crippen molar-refractivity contribution in [3.63, 3.8) is 0 Å². The molecule has 0 atom stereocenters. The SMILES string of the molecule is COc1cc(-c2ccc(C(C)C)cc2)c(OC)c(O)c1-c1ccc(OCc2ccccc2)c(O)c1. The highest BCUT2D eigenvalue weighted by molar-refractivity contribution is 5.88. The topological polar surface area (TPSA) is 68.2 Å². The van der Waals surface area contributed by atoms with Gasteiger partial charge in [-0.05, 0) is 46.4 Å². The summed E-state index contributed by atoms with van der Waals surface area (Å²) in [7, 11) is 3.07. The summed E-state index contributed by atoms with van der Waals surface area (Å²) in [4.78, 5) is 0. The zero-order valence-electron chi connectivity index (χ0n) is 20.4. The molecule has 0 spiro atoms. The lowest BCUT2D eigenvalue weighted by Gasteiger charge is -2.19. The van der Waals surface area contributed by atoms with Gasteiger partial charge in [-0.15, -0.1) is 0 Å². The maximum Gasteiger partial charge on any atom is 0.170 e. The fraction of sp³-hybridized carbons (Fsp3) is 0.200. The van der Waals surface area contributed by atoms with E-state index in [1.165, 1.54) is 12.7 Å². The minimum Gasteiger partial charge on any atom is -0.504 e. The van der Waals surface area contributed by atoms with Crippen molar-refractivity contribution in [3.05, 3.63) is 90.0 Å². The molecule has 0 saturated heterocycles. The van der Waals surface area contributed by atoms with Gasteiger partial charge in [0.1, 0.15) is 12.4 Å². The lowest BCUT2D eigenvalue weighted by molar-refractivity contribution is 0.289. The lowest BCUT2D eigenvalue weighted by atomic mass is 9.94. The number of ether oxygens (including phenoxy) is 3. The fourth-order valence-electron chi connectivity index (χ4n) is 4.07. The van der Waals surface area contributed by atoms with E-state index in [2.05, 4.69) is 26.0 Å². The van der Waals surface area contributed by atoms with Crippen molar-refractivity contribution in [2.24, 2.45) is 0 Å². The molecular weight excluding hydrogens is 440 g/mol. The quantitative estimate of drug-likeness (QED) is 0.286. The number of aromatic hydroxyl groups is 2. The molecule has 0 radical (unpaired) electrons. The zero-order chi connectivity index (χ0) is 24.9. The number of rotatable bonds is 8. The molecule has 180 valence electrons. The molecule has 4 rings (SSSR count). The van der Waals surface area contributed by atoms with E-state index in [1.807, 2.05) is 48.5 Å². The number of hydrogen-bond donors (Lipinski definition) is 2. The first-order chi connectivity index (χ1) is 16.9. The summed E-state index contributed by atoms with van der Waals surface area (Å²) < 4.78 is 17.1. The van der Waals surface area contributed by atoms with E-state index >= 15 is 0 Å². The van der Waals surface area contributed by atoms with Gasteiger partial charge in [0, 0.05) is 5.56 Å². The van der Waals surface area contributed by atoms with E-state index in [9.17, 15) is 10.2 Å². The third kappa shape index (κ3) is 5.04. The summed E-state index contributed by atoms with van der Waals surface area (Å²) in [5.41, 5.74) is 4.84. The van der Waals surface area contributed by atoms with Crippen molar-refractivity contribution in [1.29, 1.82) is 0 Å². The molecule has 0 aliphatic heterocycles. The minimum absolute atomic E-state index is 0.0350. The van der Waals surface area contributed by atoms with Crippen LogP contribution in [0.25, 0.3) is 22.3 Å². The number of phenolic OH excluding ortho intramolecular Hbond substituents is 2. The second kappa shape index (κ2) is 10.4. The maximum atomic E-state index is 11.2. The van der Waals surface area contributed by atoms with Crippen LogP contribution in [0.15, 0.2) is 78.9 Å². The number of methoxy groups -OCH3 is 2. The Hall–Kier alpha value is -4.12. The van der Waals surface area contributed by atoms with E-state index < -0.39 is 0 Å². The molecule has 35 heavy (non-hydrogen) atoms. The molecule has 0 aliphatic carbocycles. The number of hydrogen-bond acceptors (Lipinski definition) is 5. The summed E-state index contributed by atoms with van der Waals surface area (Å²) in [5.74, 6) is 1.47. The van der Waals surface area contributed by atoms with Gasteiger partial charge in [0.15, 0.2) is 23.0 Å². The largest absolute Gasteiger partial charge is 0.504 e. The molecule has 4 aromatic rings. The van der Waals surface area contributed by atoms with E-state index in [0.717, 1.165) is 11.1 Å². The predicted molar refractivity (Wildman–Crippen MR) is 139 cm³/mol. The summed E-state index contributed by atoms with van der Waals surface area (Å²) in [5, 5.41) is 21.9. The molecule has 0 amide bonds. The average molecular weight is 471 g/mol. The molecule has 0 heterocycles. The first-order valence-corrected chi connectivity index (χ1v) is 11.5. The molecule has 4 aromatic carbocycles. The molecule has 0 aromatic heterocycles. The van der Waals surface area contributed by atoms with Crippen LogP contribution < -0.4 is 14.2 Å². The van der Waals surface area contributed by atoms with Gasteiger partial charge in [-0.1, -0.05) is 74.5 Å². The van der Waals surface area contributed by atoms with Crippen LogP contribution in [0.5, 0.6) is 28.7 Å². The van der Waals surface area contributed by atoms with E-state index in [1.54, 1.807) is 25.3 Å². The van der Waals surface area contributed by atoms with Crippen LogP contribution in [0.1, 0.15) is 30.9 Å². The van der Waals surface area contributed by atoms with Gasteiger partial charge < -0.3 is 24.4 Å². The second-order valence-electron chi connectivity index (χ2n) is 8.62. The third-order valence-electron chi connectivity index (χ3n) is 6.02. The van der Waals surface area contributed by atoms with Gasteiger partial charge in [0.25, 0.3) is 0 Å². The number of benzene rings is 4. The first-order valence-electron chi connectivity index (χ1n) is 11.5. The Kier molecular flexibility index (Phi) is 7.16. The second-order valence-corrected chi connectivity index (χ2v) is 8.62. The fourth-order valence-corrected chi connectivity index (χ4v) is 4.07. The molecule has 0 saturated carbocycles. The van der Waals surface area contributed by atoms with E-state index in [-0.39, 0.29) is 11.5 Å². The Morgan fingerprint density at radius 2 is 1.43 bits per heavy atom. The normalized spacial score (nSPS) is 10.9. The van der Waals surface area contributed by atoms with Crippen molar-refractivity contribution in [2.45, 2.75) is 26.4 Å². The third-order valence-corrected chi connectivity index (χ3v) is 6.02. The summed E-state index contributed by atoms with van der Waals surface area (Å²) in [6.45, 7) is 4.62. The Morgan fingerprint density at radius 1 is 0.743 bits per heavy atom. The molecule has 5 nitrogen and oxygen atoms in total. The predicted octanol–water partition coefficient (Wildman–Crippen LogP) is 7.15. The maximum absolute atomic E-state index is 11.2. The summed E-state index contributed by atoms with van der Waals surface area (Å²) in [6, 6.07) is 24.7. The Morgan fingerprint density at radius 3 is 2.03 bits per heavy atom. The molecule has 0 bridgehead atoms. The molecule has 0 fully saturated rings. The smallest absolute Gasteiger partial charge is 0.170 e. The Labute approximate surface area is 206 Å². The van der Waals surface area contributed by atoms with Gasteiger partial charge in [-0.3, -0.25) is 0 Å². The summed E-state index contributed by atoms with van der Waals surface area (Å²) in [6.07, 6.45) is 0. The summed E-state index contributed by atoms with van der Waals surface area (Å²) >= 11 is 0. The molecule has 0 unspecified atom stereocenters. The monoisotopic (exact) mass is 470 g/mol. The van der Waals surface area contributed by atoms with Crippen molar-refractivity contribution in [2.75, 3.05) is 14.2 Å². The van der Waals surface area contributed by atoms with Crippen LogP contribution in [-0.4, -0.2) is 24.4 Å². The molecule has 0 aliphatic rings. The first kappa shape index (κ1) is 24.0. The molecular formula is C30H30O5. The van der Waals surface area contributed by atoms with Gasteiger partial charge in [-0.25, -0.2) is 0 Å². The highest BCUT2D eigenvalue weighted by Crippen LogP contribution is 2.50. The van der Waals surface area contributed by atoms with Gasteiger partial charge in [0.05, 0.1) is 19.8 Å².